The molecular weight excluding hydrogens is 560 g/mol. The van der Waals surface area contributed by atoms with Crippen LogP contribution in [0.5, 0.6) is 0 Å². The van der Waals surface area contributed by atoms with Crippen LogP contribution in [0.25, 0.3) is 0 Å². The standard InChI is InChI=1S/C42H52N4/c1-5-35(39-13-21-43-22-14-39)29-37(7-3)41-17-25-45(26-18-41)31-33-9-11-34(12-10-33)32-46-27-19-42(20-28-46)38(8-4)30-36(6-2)40-15-23-44-24-16-40/h9-28,35-38H,5-8,29-32H2,1-4H3/q+2. The minimum Gasteiger partial charge on any atom is -0.265 e. The molecule has 0 radical (unpaired) electrons. The van der Waals surface area contributed by atoms with E-state index in [1.54, 1.807) is 0 Å². The molecule has 5 aromatic rings. The third-order valence-corrected chi connectivity index (χ3v) is 9.99. The third-order valence-electron chi connectivity index (χ3n) is 9.99. The van der Waals surface area contributed by atoms with Gasteiger partial charge in [-0.05, 0) is 109 Å². The van der Waals surface area contributed by atoms with E-state index in [1.807, 2.05) is 24.8 Å². The number of rotatable bonds is 16. The minimum atomic E-state index is 0.562. The zero-order valence-electron chi connectivity index (χ0n) is 28.3. The van der Waals surface area contributed by atoms with Gasteiger partial charge in [0.05, 0.1) is 0 Å². The largest absolute Gasteiger partial charge is 0.265 e. The van der Waals surface area contributed by atoms with Crippen molar-refractivity contribution in [2.75, 3.05) is 0 Å². The molecular formula is C42H52N4+2. The second-order valence-electron chi connectivity index (χ2n) is 12.9. The van der Waals surface area contributed by atoms with Gasteiger partial charge in [-0.2, -0.15) is 0 Å². The van der Waals surface area contributed by atoms with E-state index in [4.69, 9.17) is 0 Å². The van der Waals surface area contributed by atoms with Crippen LogP contribution in [0, 0.1) is 0 Å². The minimum absolute atomic E-state index is 0.562. The number of hydrogen-bond donors (Lipinski definition) is 0. The molecule has 0 bridgehead atoms. The summed E-state index contributed by atoms with van der Waals surface area (Å²) in [5.74, 6) is 2.26. The smallest absolute Gasteiger partial charge is 0.173 e. The molecule has 0 fully saturated rings. The van der Waals surface area contributed by atoms with Crippen LogP contribution in [0.15, 0.2) is 122 Å². The Kier molecular flexibility index (Phi) is 12.2. The Bertz CT molecular complexity index is 1440. The Labute approximate surface area is 277 Å². The van der Waals surface area contributed by atoms with Gasteiger partial charge in [-0.1, -0.05) is 52.0 Å². The van der Waals surface area contributed by atoms with Gasteiger partial charge in [-0.25, -0.2) is 9.13 Å². The molecule has 5 rings (SSSR count). The molecule has 0 aliphatic heterocycles. The van der Waals surface area contributed by atoms with Crippen LogP contribution in [0.2, 0.25) is 0 Å². The van der Waals surface area contributed by atoms with E-state index in [-0.39, 0.29) is 0 Å². The molecule has 0 spiro atoms. The van der Waals surface area contributed by atoms with Crippen LogP contribution in [-0.2, 0) is 13.1 Å². The van der Waals surface area contributed by atoms with Crippen molar-refractivity contribution in [1.29, 1.82) is 0 Å². The predicted octanol–water partition coefficient (Wildman–Crippen LogP) is 9.30. The summed E-state index contributed by atoms with van der Waals surface area (Å²) >= 11 is 0. The summed E-state index contributed by atoms with van der Waals surface area (Å²) in [5.41, 5.74) is 8.33. The Morgan fingerprint density at radius 1 is 0.413 bits per heavy atom. The lowest BCUT2D eigenvalue weighted by molar-refractivity contribution is -0.689. The highest BCUT2D eigenvalue weighted by molar-refractivity contribution is 5.23. The molecule has 0 saturated heterocycles. The van der Waals surface area contributed by atoms with Gasteiger partial charge in [0, 0.05) is 60.2 Å². The highest BCUT2D eigenvalue weighted by Crippen LogP contribution is 2.34. The molecule has 0 N–H and O–H groups in total. The topological polar surface area (TPSA) is 33.5 Å². The van der Waals surface area contributed by atoms with Crippen LogP contribution < -0.4 is 9.13 Å². The van der Waals surface area contributed by atoms with Gasteiger partial charge < -0.3 is 0 Å². The van der Waals surface area contributed by atoms with E-state index in [2.05, 4.69) is 144 Å². The van der Waals surface area contributed by atoms with Gasteiger partial charge in [0.1, 0.15) is 0 Å². The molecule has 1 aromatic carbocycles. The van der Waals surface area contributed by atoms with Crippen molar-refractivity contribution in [2.45, 2.75) is 103 Å². The maximum absolute atomic E-state index is 4.21. The number of pyridine rings is 4. The van der Waals surface area contributed by atoms with Crippen molar-refractivity contribution in [3.8, 4) is 0 Å². The number of nitrogens with zero attached hydrogens (tertiary/aromatic N) is 4. The molecule has 0 amide bonds. The lowest BCUT2D eigenvalue weighted by atomic mass is 9.83. The molecule has 4 atom stereocenters. The first-order valence-electron chi connectivity index (χ1n) is 17.5. The van der Waals surface area contributed by atoms with Crippen LogP contribution in [0.3, 0.4) is 0 Å². The Balaban J connectivity index is 1.15. The quantitative estimate of drug-likeness (QED) is 0.104. The normalized spacial score (nSPS) is 14.0. The average molecular weight is 613 g/mol. The van der Waals surface area contributed by atoms with E-state index in [0.29, 0.717) is 23.7 Å². The monoisotopic (exact) mass is 612 g/mol. The van der Waals surface area contributed by atoms with Crippen LogP contribution >= 0.6 is 0 Å². The summed E-state index contributed by atoms with van der Waals surface area (Å²) in [6, 6.07) is 27.1. The van der Waals surface area contributed by atoms with Gasteiger partial charge in [0.2, 0.25) is 0 Å². The summed E-state index contributed by atoms with van der Waals surface area (Å²) in [6.07, 6.45) is 23.6. The Hall–Kier alpha value is -4.18. The second kappa shape index (κ2) is 16.9. The van der Waals surface area contributed by atoms with Crippen molar-refractivity contribution in [2.24, 2.45) is 0 Å². The van der Waals surface area contributed by atoms with E-state index in [9.17, 15) is 0 Å². The van der Waals surface area contributed by atoms with Crippen molar-refractivity contribution in [3.63, 3.8) is 0 Å². The summed E-state index contributed by atoms with van der Waals surface area (Å²) < 4.78 is 4.58. The summed E-state index contributed by atoms with van der Waals surface area (Å²) in [5, 5.41) is 0. The maximum atomic E-state index is 4.21. The molecule has 4 heterocycles. The summed E-state index contributed by atoms with van der Waals surface area (Å²) in [6.45, 7) is 11.0. The van der Waals surface area contributed by atoms with Crippen LogP contribution in [-0.4, -0.2) is 9.97 Å². The first kappa shape index (κ1) is 33.2. The fraction of sp³-hybridized carbons (Fsp3) is 0.381. The average Bonchev–Trinajstić information content (AvgIpc) is 3.12. The highest BCUT2D eigenvalue weighted by Gasteiger charge is 2.20. The number of hydrogen-bond acceptors (Lipinski definition) is 2. The lowest BCUT2D eigenvalue weighted by Gasteiger charge is -2.22. The van der Waals surface area contributed by atoms with E-state index < -0.39 is 0 Å². The highest BCUT2D eigenvalue weighted by atomic mass is 14.9. The van der Waals surface area contributed by atoms with Crippen LogP contribution in [0.4, 0.5) is 0 Å². The van der Waals surface area contributed by atoms with Crippen molar-refractivity contribution in [3.05, 3.63) is 156 Å². The fourth-order valence-electron chi connectivity index (χ4n) is 6.98. The second-order valence-corrected chi connectivity index (χ2v) is 12.9. The van der Waals surface area contributed by atoms with Crippen LogP contribution in [0.1, 0.15) is 123 Å². The molecule has 0 saturated carbocycles. The van der Waals surface area contributed by atoms with Gasteiger partial charge >= 0.3 is 0 Å². The zero-order valence-corrected chi connectivity index (χ0v) is 28.3. The van der Waals surface area contributed by atoms with Crippen molar-refractivity contribution < 1.29 is 9.13 Å². The summed E-state index contributed by atoms with van der Waals surface area (Å²) in [4.78, 5) is 8.42. The van der Waals surface area contributed by atoms with Gasteiger partial charge in [-0.15, -0.1) is 0 Å². The predicted molar refractivity (Wildman–Crippen MR) is 188 cm³/mol. The number of benzene rings is 1. The Morgan fingerprint density at radius 3 is 0.978 bits per heavy atom. The lowest BCUT2D eigenvalue weighted by Crippen LogP contribution is -2.34. The first-order valence-corrected chi connectivity index (χ1v) is 17.5. The van der Waals surface area contributed by atoms with Gasteiger partial charge in [-0.3, -0.25) is 9.97 Å². The molecule has 46 heavy (non-hydrogen) atoms. The van der Waals surface area contributed by atoms with Crippen molar-refractivity contribution in [1.82, 2.24) is 9.97 Å². The van der Waals surface area contributed by atoms with Gasteiger partial charge in [0.15, 0.2) is 37.9 Å². The van der Waals surface area contributed by atoms with Gasteiger partial charge in [0.25, 0.3) is 0 Å². The molecule has 4 heteroatoms. The molecule has 0 aliphatic rings. The molecule has 238 valence electrons. The van der Waals surface area contributed by atoms with Crippen molar-refractivity contribution >= 4 is 0 Å². The Morgan fingerprint density at radius 2 is 0.696 bits per heavy atom. The zero-order chi connectivity index (χ0) is 32.1. The molecule has 4 unspecified atom stereocenters. The van der Waals surface area contributed by atoms with E-state index in [1.165, 1.54) is 46.2 Å². The third kappa shape index (κ3) is 8.96. The van der Waals surface area contributed by atoms with E-state index >= 15 is 0 Å². The number of aromatic nitrogens is 4. The SMILES string of the molecule is CCC(CC(CC)c1cc[n+](Cc2ccc(C[n+]3ccc(C(CC)CC(CC)c4ccncc4)cc3)cc2)cc1)c1ccncc1. The molecule has 4 aromatic heterocycles. The summed E-state index contributed by atoms with van der Waals surface area (Å²) in [7, 11) is 0. The molecule has 0 aliphatic carbocycles. The first-order chi connectivity index (χ1) is 22.6. The fourth-order valence-corrected chi connectivity index (χ4v) is 6.98. The van der Waals surface area contributed by atoms with E-state index in [0.717, 1.165) is 38.8 Å². The molecule has 4 nitrogen and oxygen atoms in total. The maximum Gasteiger partial charge on any atom is 0.173 e.